The number of nitrogen functional groups attached to an aromatic ring is 1. The van der Waals surface area contributed by atoms with E-state index < -0.39 is 144 Å². The Bertz CT molecular complexity index is 3950. The third kappa shape index (κ3) is 17.4. The number of halogens is 1. The summed E-state index contributed by atoms with van der Waals surface area (Å²) in [7, 11) is -8.18. The van der Waals surface area contributed by atoms with Gasteiger partial charge in [-0.2, -0.15) is 0 Å². The molecule has 8 amide bonds. The molecule has 0 saturated carbocycles. The summed E-state index contributed by atoms with van der Waals surface area (Å²) in [6.45, 7) is 0.0880. The van der Waals surface area contributed by atoms with Gasteiger partial charge in [-0.3, -0.25) is 46.4 Å². The van der Waals surface area contributed by atoms with Crippen LogP contribution in [0.25, 0.3) is 32.8 Å². The van der Waals surface area contributed by atoms with E-state index in [9.17, 15) is 52.5 Å². The largest absolute Gasteiger partial charge is 0.472 e. The summed E-state index contributed by atoms with van der Waals surface area (Å²) in [5, 5.41) is 16.0. The van der Waals surface area contributed by atoms with Crippen LogP contribution in [0.1, 0.15) is 55.1 Å². The molecule has 6 aromatic rings. The predicted octanol–water partition coefficient (Wildman–Crippen LogP) is 2.68. The molecule has 3 aliphatic rings. The van der Waals surface area contributed by atoms with Crippen molar-refractivity contribution >= 4 is 97.1 Å². The van der Waals surface area contributed by atoms with E-state index in [1.165, 1.54) is 37.1 Å². The summed E-state index contributed by atoms with van der Waals surface area (Å²) >= 11 is 0. The van der Waals surface area contributed by atoms with E-state index in [0.717, 1.165) is 33.3 Å². The molecular weight excluding hydrogens is 1300 g/mol. The van der Waals surface area contributed by atoms with Crippen molar-refractivity contribution in [3.63, 3.8) is 0 Å². The highest BCUT2D eigenvalue weighted by Gasteiger charge is 2.56. The lowest BCUT2D eigenvalue weighted by Gasteiger charge is -2.29. The van der Waals surface area contributed by atoms with Crippen LogP contribution < -0.4 is 38.1 Å². The first kappa shape index (κ1) is 69.7. The molecule has 39 nitrogen and oxygen atoms in total. The van der Waals surface area contributed by atoms with Crippen LogP contribution in [-0.2, 0) is 67.2 Å². The standard InChI is InChI=1S/C53H65FN20O19P2/c1-27(2)36(68-34(75)19-65-70-57)48(78)67-31(11-8-16-58-51(56)79)47(77)66-30-14-12-28(13-15-30)20-86-52(80)71(3)17-18-72(4)53(81)91-41-40-33(90-50(41)74-25-63-37-42(55)59-23-61-44(37)74)22-88-94(82,83)92-39-32(21-87-95(84,85)93-40)89-49(35(39)54)73-26-64-38-43(60-24-62-45(38)73)69-46(76)29-9-6-5-7-10-29/h5-7,9-10,12-15,23-27,31-33,35-36,39-41,49-50H,8,11,16-22H2,1-4H3,(H,66,77)(H,67,78)(H,68,75)(H,82,83)(H,84,85)(H2,55,59,61)(H3,56,58,79)(H,60,62,69,76)/t31-,32+,33+,35+,36-,39+,40+,41+,49+,50+/m0/s1. The minimum atomic E-state index is -5.44. The number of urea groups is 1. The Balaban J connectivity index is 0.834. The molecule has 95 heavy (non-hydrogen) atoms. The number of azide groups is 1. The van der Waals surface area contributed by atoms with Crippen molar-refractivity contribution in [2.24, 2.45) is 16.8 Å². The molecule has 0 radical (unpaired) electrons. The van der Waals surface area contributed by atoms with Gasteiger partial charge in [-0.25, -0.2) is 57.8 Å². The third-order valence-electron chi connectivity index (χ3n) is 14.8. The van der Waals surface area contributed by atoms with Gasteiger partial charge >= 0.3 is 33.9 Å². The maximum Gasteiger partial charge on any atom is 0.472 e. The number of nitrogens with zero attached hydrogens (tertiary/aromatic N) is 13. The SMILES string of the molecule is CC(C)[C@H](NC(=O)CN=[N+]=[N-])C(=O)N[C@@H](CCCNC(N)=O)C(=O)Nc1ccc(COC(=O)N(C)CCN(C)C(=O)O[C@@H]2[C@@H]3OP(=O)(O)OC[C@H]4O[C@@H](n5cnc6c(NC(=O)c7ccccc7)ncnc65)[C@H](F)[C@@H]4OP(=O)(O)OC[C@H]3O[C@H]2n2cnc3c(N)ncnc32)cc1. The monoisotopic (exact) mass is 1370 g/mol. The number of phosphoric acid groups is 2. The summed E-state index contributed by atoms with van der Waals surface area (Å²) in [5.41, 5.74) is 20.8. The Labute approximate surface area is 536 Å². The van der Waals surface area contributed by atoms with Crippen molar-refractivity contribution in [3.05, 3.63) is 101 Å². The highest BCUT2D eigenvalue weighted by molar-refractivity contribution is 7.47. The Morgan fingerprint density at radius 1 is 0.800 bits per heavy atom. The van der Waals surface area contributed by atoms with Crippen LogP contribution in [0, 0.1) is 5.92 Å². The number of anilines is 3. The van der Waals surface area contributed by atoms with Gasteiger partial charge in [0.2, 0.25) is 17.7 Å². The quantitative estimate of drug-likeness (QED) is 0.0155. The van der Waals surface area contributed by atoms with Crippen molar-refractivity contribution in [3.8, 4) is 0 Å². The molecular formula is C53H65FN20O19P2. The average Bonchev–Trinajstić information content (AvgIpc) is 1.62. The highest BCUT2D eigenvalue weighted by Crippen LogP contribution is 2.54. The topological polar surface area (TPSA) is 523 Å². The fourth-order valence-electron chi connectivity index (χ4n) is 9.91. The van der Waals surface area contributed by atoms with Gasteiger partial charge in [0.25, 0.3) is 5.91 Å². The number of nitrogens with two attached hydrogens (primary N) is 2. The molecule has 3 fully saturated rings. The average molecular weight is 1370 g/mol. The first-order chi connectivity index (χ1) is 45.3. The molecule has 7 heterocycles. The van der Waals surface area contributed by atoms with Gasteiger partial charge in [-0.05, 0) is 54.1 Å². The van der Waals surface area contributed by atoms with Crippen molar-refractivity contribution in [2.45, 2.75) is 94.5 Å². The Morgan fingerprint density at radius 3 is 2.07 bits per heavy atom. The van der Waals surface area contributed by atoms with E-state index in [1.54, 1.807) is 56.3 Å². The number of carbonyl (C=O) groups is 7. The number of alkyl halides is 1. The lowest BCUT2D eigenvalue weighted by molar-refractivity contribution is -0.131. The minimum absolute atomic E-state index is 0.000473. The van der Waals surface area contributed by atoms with Gasteiger partial charge in [0.1, 0.15) is 67.8 Å². The number of benzene rings is 2. The smallest absolute Gasteiger partial charge is 0.445 e. The molecule has 2 unspecified atom stereocenters. The van der Waals surface area contributed by atoms with Gasteiger partial charge < -0.3 is 76.6 Å². The fraction of sp³-hybridized carbons (Fsp3) is 0.453. The van der Waals surface area contributed by atoms with E-state index in [2.05, 4.69) is 66.5 Å². The number of amides is 8. The molecule has 42 heteroatoms. The van der Waals surface area contributed by atoms with Crippen molar-refractivity contribution < 1.29 is 93.9 Å². The molecule has 0 spiro atoms. The summed E-state index contributed by atoms with van der Waals surface area (Å²) in [4.78, 5) is 143. The number of likely N-dealkylation sites (N-methyl/N-ethyl adjacent to an activating group) is 2. The summed E-state index contributed by atoms with van der Waals surface area (Å²) in [5.74, 6) is -3.21. The molecule has 508 valence electrons. The number of hydrogen-bond acceptors (Lipinski definition) is 25. The molecule has 0 aliphatic carbocycles. The maximum absolute atomic E-state index is 16.8. The zero-order chi connectivity index (χ0) is 68.3. The predicted molar refractivity (Wildman–Crippen MR) is 324 cm³/mol. The Morgan fingerprint density at radius 2 is 1.41 bits per heavy atom. The molecule has 4 aromatic heterocycles. The zero-order valence-electron chi connectivity index (χ0n) is 50.8. The van der Waals surface area contributed by atoms with Crippen molar-refractivity contribution in [2.75, 3.05) is 69.9 Å². The van der Waals surface area contributed by atoms with Crippen molar-refractivity contribution in [1.82, 2.24) is 64.8 Å². The van der Waals surface area contributed by atoms with Crippen molar-refractivity contribution in [1.29, 1.82) is 0 Å². The molecule has 9 rings (SSSR count). The Kier molecular flexibility index (Phi) is 22.5. The first-order valence-corrected chi connectivity index (χ1v) is 31.9. The second-order valence-electron chi connectivity index (χ2n) is 21.8. The molecule has 2 aromatic carbocycles. The molecule has 3 aliphatic heterocycles. The van der Waals surface area contributed by atoms with E-state index in [0.29, 0.717) is 5.56 Å². The van der Waals surface area contributed by atoms with Crippen LogP contribution in [0.4, 0.5) is 36.1 Å². The normalized spacial score (nSPS) is 24.0. The molecule has 3 saturated heterocycles. The number of hydrogen-bond donors (Lipinski definition) is 9. The number of fused-ring (bicyclic) bond motifs is 4. The number of aromatic nitrogens is 8. The second-order valence-corrected chi connectivity index (χ2v) is 24.6. The number of nitrogens with one attached hydrogen (secondary N) is 5. The summed E-state index contributed by atoms with van der Waals surface area (Å²) in [6.07, 6.45) is -12.3. The third-order valence-corrected chi connectivity index (χ3v) is 16.8. The van der Waals surface area contributed by atoms with Gasteiger partial charge in [-0.1, -0.05) is 49.3 Å². The number of imidazole rings is 2. The van der Waals surface area contributed by atoms with Gasteiger partial charge in [0.05, 0.1) is 25.9 Å². The van der Waals surface area contributed by atoms with Gasteiger partial charge in [0, 0.05) is 49.9 Å². The van der Waals surface area contributed by atoms with E-state index >= 15 is 4.39 Å². The second kappa shape index (κ2) is 30.7. The van der Waals surface area contributed by atoms with Gasteiger partial charge in [0.15, 0.2) is 53.2 Å². The summed E-state index contributed by atoms with van der Waals surface area (Å²) in [6, 6.07) is 11.2. The van der Waals surface area contributed by atoms with Crippen LogP contribution in [0.5, 0.6) is 0 Å². The zero-order valence-corrected chi connectivity index (χ0v) is 52.6. The van der Waals surface area contributed by atoms with Crippen LogP contribution in [0.3, 0.4) is 0 Å². The van der Waals surface area contributed by atoms with Crippen LogP contribution in [0.2, 0.25) is 0 Å². The van der Waals surface area contributed by atoms with E-state index in [4.69, 9.17) is 54.0 Å². The van der Waals surface area contributed by atoms with Crippen LogP contribution >= 0.6 is 15.6 Å². The highest BCUT2D eigenvalue weighted by atomic mass is 31.2. The summed E-state index contributed by atoms with van der Waals surface area (Å²) < 4.78 is 92.4. The molecule has 12 atom stereocenters. The number of rotatable bonds is 22. The fourth-order valence-corrected chi connectivity index (χ4v) is 11.8. The minimum Gasteiger partial charge on any atom is -0.445 e. The first-order valence-electron chi connectivity index (χ1n) is 28.9. The number of ether oxygens (including phenoxy) is 4. The van der Waals surface area contributed by atoms with Crippen LogP contribution in [-0.4, -0.2) is 203 Å². The Hall–Kier alpha value is -9.59. The van der Waals surface area contributed by atoms with E-state index in [-0.39, 0.29) is 84.3 Å². The molecule has 11 N–H and O–H groups in total. The molecule has 0 bridgehead atoms. The number of primary amides is 1. The lowest BCUT2D eigenvalue weighted by atomic mass is 10.0. The van der Waals surface area contributed by atoms with Crippen LogP contribution in [0.15, 0.2) is 85.0 Å². The maximum atomic E-state index is 16.8. The van der Waals surface area contributed by atoms with E-state index in [1.807, 2.05) is 0 Å². The number of carbonyl (C=O) groups excluding carboxylic acids is 7. The lowest BCUT2D eigenvalue weighted by Crippen LogP contribution is -2.55. The number of phosphoric ester groups is 2. The van der Waals surface area contributed by atoms with Gasteiger partial charge in [-0.15, -0.1) is 0 Å².